The van der Waals surface area contributed by atoms with Gasteiger partial charge in [-0.15, -0.1) is 0 Å². The average molecular weight is 619 g/mol. The van der Waals surface area contributed by atoms with E-state index in [1.54, 1.807) is 49.1 Å². The van der Waals surface area contributed by atoms with Crippen molar-refractivity contribution in [3.8, 4) is 0 Å². The van der Waals surface area contributed by atoms with E-state index in [1.165, 1.54) is 0 Å². The summed E-state index contributed by atoms with van der Waals surface area (Å²) < 4.78 is 0. The minimum Gasteiger partial charge on any atom is -0.543 e. The minimum absolute atomic E-state index is 0. The van der Waals surface area contributed by atoms with Gasteiger partial charge in [0.05, 0.1) is 23.9 Å². The van der Waals surface area contributed by atoms with Crippen LogP contribution in [-0.2, 0) is 40.2 Å². The van der Waals surface area contributed by atoms with Crippen LogP contribution in [0.1, 0.15) is 0 Å². The number of pyridine rings is 2. The fourth-order valence-electron chi connectivity index (χ4n) is 1.14. The van der Waals surface area contributed by atoms with Crippen LogP contribution in [0.2, 0.25) is 0 Å². The van der Waals surface area contributed by atoms with Gasteiger partial charge in [-0.1, -0.05) is 0 Å². The first-order valence-corrected chi connectivity index (χ1v) is 7.39. The molecule has 2 aromatic heterocycles. The zero-order valence-corrected chi connectivity index (χ0v) is 17.4. The van der Waals surface area contributed by atoms with Crippen LogP contribution < -0.4 is 41.3 Å². The van der Waals surface area contributed by atoms with Crippen molar-refractivity contribution in [2.75, 3.05) is 0 Å². The summed E-state index contributed by atoms with van der Waals surface area (Å²) in [5.74, 6) is -8.74. The number of nitrogens with one attached hydrogen (secondary N) is 2. The molecule has 0 unspecified atom stereocenters. The SMILES string of the molecule is O=C([O-])C(=O)[O-].O=C([O-])C(=O)[O-].OB(O)c1cc[nH+]cc1.OB(O)c1cc[nH+]cc1.[Pt+2]. The number of carboxylic acids is 4. The molecule has 2 heterocycles. The van der Waals surface area contributed by atoms with Crippen molar-refractivity contribution in [1.29, 1.82) is 0 Å². The molecule has 0 fully saturated rings. The zero-order chi connectivity index (χ0) is 23.7. The number of hydrogen-bond acceptors (Lipinski definition) is 12. The van der Waals surface area contributed by atoms with Crippen LogP contribution in [0.4, 0.5) is 0 Å². The van der Waals surface area contributed by atoms with E-state index >= 15 is 0 Å². The predicted molar refractivity (Wildman–Crippen MR) is 85.7 cm³/mol. The summed E-state index contributed by atoms with van der Waals surface area (Å²) in [6.45, 7) is 0. The van der Waals surface area contributed by atoms with Gasteiger partial charge in [-0.2, -0.15) is 0 Å². The Kier molecular flexibility index (Phi) is 19.8. The number of carboxylic acid groups (broad SMARTS) is 4. The molecule has 168 valence electrons. The molecule has 0 bridgehead atoms. The fourth-order valence-corrected chi connectivity index (χ4v) is 1.14. The van der Waals surface area contributed by atoms with Crippen LogP contribution in [-0.4, -0.2) is 58.2 Å². The maximum Gasteiger partial charge on any atom is 2.00 e. The Hall–Kier alpha value is -3.16. The van der Waals surface area contributed by atoms with Gasteiger partial charge in [0, 0.05) is 24.3 Å². The third-order valence-corrected chi connectivity index (χ3v) is 2.42. The van der Waals surface area contributed by atoms with Crippen molar-refractivity contribution < 1.29 is 90.7 Å². The standard InChI is InChI=1S/2C5H6BNO2.2C2H2O4.Pt/c2*8-6(9)5-1-3-7-4-2-5;2*3-1(4)2(5)6;/h2*1-4,8-9H;2*(H,3,4)(H,5,6);/q;;;;+2/p-2. The normalized spacial score (nSPS) is 8.13. The average Bonchev–Trinajstić information content (AvgIpc) is 2.70. The van der Waals surface area contributed by atoms with Gasteiger partial charge in [0.15, 0.2) is 24.8 Å². The van der Waals surface area contributed by atoms with E-state index in [4.69, 9.17) is 59.7 Å². The smallest absolute Gasteiger partial charge is 0.543 e. The van der Waals surface area contributed by atoms with Crippen LogP contribution in [0.5, 0.6) is 0 Å². The third-order valence-electron chi connectivity index (χ3n) is 2.42. The molecule has 2 rings (SSSR count). The minimum atomic E-state index is -2.19. The number of aromatic amines is 2. The summed E-state index contributed by atoms with van der Waals surface area (Å²) in [5, 5.41) is 70.0. The van der Waals surface area contributed by atoms with E-state index in [0.717, 1.165) is 0 Å². The topological polar surface area (TPSA) is 270 Å². The molecular formula is C14H14B2N2O12Pt. The fraction of sp³-hybridized carbons (Fsp3) is 0. The van der Waals surface area contributed by atoms with Crippen molar-refractivity contribution in [3.05, 3.63) is 49.1 Å². The summed E-state index contributed by atoms with van der Waals surface area (Å²) in [7, 11) is -2.72. The molecule has 0 amide bonds. The molecule has 0 saturated heterocycles. The van der Waals surface area contributed by atoms with E-state index < -0.39 is 38.1 Å². The Morgan fingerprint density at radius 2 is 0.774 bits per heavy atom. The van der Waals surface area contributed by atoms with Gasteiger partial charge in [-0.3, -0.25) is 0 Å². The summed E-state index contributed by atoms with van der Waals surface area (Å²) >= 11 is 0. The number of aromatic nitrogens is 2. The van der Waals surface area contributed by atoms with Crippen LogP contribution in [0.25, 0.3) is 0 Å². The van der Waals surface area contributed by atoms with Gasteiger partial charge in [0.1, 0.15) is 0 Å². The van der Waals surface area contributed by atoms with E-state index in [1.807, 2.05) is 0 Å². The first-order valence-electron chi connectivity index (χ1n) is 7.39. The largest absolute Gasteiger partial charge is 2.00 e. The Balaban J connectivity index is -0.000000341. The molecule has 17 heteroatoms. The first-order chi connectivity index (χ1) is 13.9. The number of hydrogen-bond donors (Lipinski definition) is 4. The second-order valence-corrected chi connectivity index (χ2v) is 4.56. The van der Waals surface area contributed by atoms with E-state index in [-0.39, 0.29) is 21.1 Å². The van der Waals surface area contributed by atoms with Gasteiger partial charge >= 0.3 is 35.3 Å². The number of rotatable bonds is 2. The molecule has 2 aromatic rings. The van der Waals surface area contributed by atoms with Crippen molar-refractivity contribution >= 4 is 49.0 Å². The predicted octanol–water partition coefficient (Wildman–Crippen LogP) is -10.7. The Morgan fingerprint density at radius 1 is 0.581 bits per heavy atom. The van der Waals surface area contributed by atoms with Crippen LogP contribution in [0.15, 0.2) is 49.1 Å². The molecular weight excluding hydrogens is 605 g/mol. The number of aliphatic carboxylic acids is 4. The Labute approximate surface area is 189 Å². The van der Waals surface area contributed by atoms with Crippen molar-refractivity contribution in [2.45, 2.75) is 0 Å². The monoisotopic (exact) mass is 619 g/mol. The zero-order valence-electron chi connectivity index (χ0n) is 15.1. The number of carbonyl (C=O) groups is 4. The van der Waals surface area contributed by atoms with Crippen LogP contribution in [0, 0.1) is 0 Å². The molecule has 0 aromatic carbocycles. The van der Waals surface area contributed by atoms with E-state index in [2.05, 4.69) is 9.97 Å². The number of H-pyrrole nitrogens is 2. The molecule has 0 atom stereocenters. The van der Waals surface area contributed by atoms with Crippen molar-refractivity contribution in [1.82, 2.24) is 0 Å². The molecule has 0 aliphatic carbocycles. The Bertz CT molecular complexity index is 705. The molecule has 0 radical (unpaired) electrons. The molecule has 0 aliphatic heterocycles. The summed E-state index contributed by atoms with van der Waals surface area (Å²) in [6.07, 6.45) is 6.53. The molecule has 14 nitrogen and oxygen atoms in total. The second-order valence-electron chi connectivity index (χ2n) is 4.56. The van der Waals surface area contributed by atoms with Crippen LogP contribution >= 0.6 is 0 Å². The summed E-state index contributed by atoms with van der Waals surface area (Å²) in [5.41, 5.74) is 0.988. The van der Waals surface area contributed by atoms with Gasteiger partial charge in [0.2, 0.25) is 0 Å². The van der Waals surface area contributed by atoms with E-state index in [9.17, 15) is 0 Å². The van der Waals surface area contributed by atoms with E-state index in [0.29, 0.717) is 10.9 Å². The summed E-state index contributed by atoms with van der Waals surface area (Å²) in [6, 6.07) is 6.41. The molecule has 0 spiro atoms. The van der Waals surface area contributed by atoms with Crippen molar-refractivity contribution in [2.24, 2.45) is 0 Å². The van der Waals surface area contributed by atoms with Crippen LogP contribution in [0.3, 0.4) is 0 Å². The second kappa shape index (κ2) is 18.8. The van der Waals surface area contributed by atoms with Gasteiger partial charge in [-0.05, 0) is 10.9 Å². The van der Waals surface area contributed by atoms with Gasteiger partial charge < -0.3 is 59.7 Å². The van der Waals surface area contributed by atoms with Gasteiger partial charge in [-0.25, -0.2) is 9.97 Å². The Morgan fingerprint density at radius 3 is 0.871 bits per heavy atom. The molecule has 0 aliphatic rings. The maximum atomic E-state index is 8.93. The number of carbonyl (C=O) groups excluding carboxylic acids is 4. The quantitative estimate of drug-likeness (QED) is 0.180. The summed E-state index contributed by atoms with van der Waals surface area (Å²) in [4.78, 5) is 41.2. The molecule has 31 heavy (non-hydrogen) atoms. The molecule has 6 N–H and O–H groups in total. The maximum absolute atomic E-state index is 8.93. The first kappa shape index (κ1) is 32.5. The van der Waals surface area contributed by atoms with Gasteiger partial charge in [0.25, 0.3) is 0 Å². The van der Waals surface area contributed by atoms with Crippen molar-refractivity contribution in [3.63, 3.8) is 0 Å². The third kappa shape index (κ3) is 19.9. The molecule has 0 saturated carbocycles.